The average Bonchev–Trinajstić information content (AvgIpc) is 3.24. The lowest BCUT2D eigenvalue weighted by Crippen LogP contribution is -2.30. The molecule has 2 heterocycles. The van der Waals surface area contributed by atoms with Gasteiger partial charge in [-0.15, -0.1) is 15.3 Å². The molecule has 7 nitrogen and oxygen atoms in total. The highest BCUT2D eigenvalue weighted by Gasteiger charge is 2.28. The number of carbonyl (C=O) groups is 1. The van der Waals surface area contributed by atoms with Crippen LogP contribution in [0.25, 0.3) is 5.65 Å². The molecule has 0 radical (unpaired) electrons. The van der Waals surface area contributed by atoms with E-state index in [0.717, 1.165) is 36.6 Å². The van der Waals surface area contributed by atoms with Gasteiger partial charge in [0.1, 0.15) is 5.82 Å². The maximum absolute atomic E-state index is 11.5. The second kappa shape index (κ2) is 5.44. The maximum Gasteiger partial charge on any atom is 0.223 e. The van der Waals surface area contributed by atoms with E-state index in [9.17, 15) is 4.79 Å². The SMILES string of the molecule is CCc1nnc2ccc(NCCNC(=O)C3CC3)nn12. The fourth-order valence-electron chi connectivity index (χ4n) is 2.01. The fourth-order valence-corrected chi connectivity index (χ4v) is 2.01. The van der Waals surface area contributed by atoms with Crippen LogP contribution in [0.1, 0.15) is 25.6 Å². The number of rotatable bonds is 6. The second-order valence-electron chi connectivity index (χ2n) is 4.95. The molecule has 2 aromatic heterocycles. The van der Waals surface area contributed by atoms with Gasteiger partial charge in [-0.25, -0.2) is 0 Å². The van der Waals surface area contributed by atoms with Gasteiger partial charge in [0.05, 0.1) is 0 Å². The number of nitrogens with zero attached hydrogens (tertiary/aromatic N) is 4. The molecule has 20 heavy (non-hydrogen) atoms. The first-order chi connectivity index (χ1) is 9.78. The molecule has 2 N–H and O–H groups in total. The van der Waals surface area contributed by atoms with Gasteiger partial charge in [-0.1, -0.05) is 6.92 Å². The molecule has 0 aromatic carbocycles. The molecule has 3 rings (SSSR count). The van der Waals surface area contributed by atoms with Gasteiger partial charge in [-0.05, 0) is 25.0 Å². The van der Waals surface area contributed by atoms with E-state index in [1.54, 1.807) is 4.52 Å². The quantitative estimate of drug-likeness (QED) is 0.755. The van der Waals surface area contributed by atoms with Crippen molar-refractivity contribution >= 4 is 17.4 Å². The van der Waals surface area contributed by atoms with Crippen molar-refractivity contribution in [1.82, 2.24) is 25.1 Å². The molecule has 0 unspecified atom stereocenters. The Morgan fingerprint density at radius 1 is 1.35 bits per heavy atom. The molecular formula is C13H18N6O. The smallest absolute Gasteiger partial charge is 0.223 e. The molecule has 1 amide bonds. The van der Waals surface area contributed by atoms with Crippen LogP contribution in [0.4, 0.5) is 5.82 Å². The molecule has 1 fully saturated rings. The number of hydrogen-bond donors (Lipinski definition) is 2. The lowest BCUT2D eigenvalue weighted by molar-refractivity contribution is -0.122. The summed E-state index contributed by atoms with van der Waals surface area (Å²) >= 11 is 0. The van der Waals surface area contributed by atoms with Crippen LogP contribution in [0.3, 0.4) is 0 Å². The minimum atomic E-state index is 0.169. The van der Waals surface area contributed by atoms with Crippen molar-refractivity contribution in [3.8, 4) is 0 Å². The summed E-state index contributed by atoms with van der Waals surface area (Å²) in [6.45, 7) is 3.28. The predicted octanol–water partition coefficient (Wildman–Crippen LogP) is 0.625. The third kappa shape index (κ3) is 2.71. The van der Waals surface area contributed by atoms with Crippen LogP contribution in [-0.4, -0.2) is 38.8 Å². The normalized spacial score (nSPS) is 14.4. The fraction of sp³-hybridized carbons (Fsp3) is 0.538. The number of fused-ring (bicyclic) bond motifs is 1. The highest BCUT2D eigenvalue weighted by atomic mass is 16.2. The number of hydrogen-bond acceptors (Lipinski definition) is 5. The van der Waals surface area contributed by atoms with Gasteiger partial charge in [-0.2, -0.15) is 4.52 Å². The van der Waals surface area contributed by atoms with Gasteiger partial charge in [0.25, 0.3) is 0 Å². The lowest BCUT2D eigenvalue weighted by Gasteiger charge is -2.07. The molecule has 0 aliphatic heterocycles. The molecule has 2 aromatic rings. The Bertz CT molecular complexity index is 618. The Morgan fingerprint density at radius 2 is 2.20 bits per heavy atom. The van der Waals surface area contributed by atoms with E-state index in [2.05, 4.69) is 25.9 Å². The minimum Gasteiger partial charge on any atom is -0.367 e. The molecule has 0 atom stereocenters. The molecule has 1 saturated carbocycles. The predicted molar refractivity (Wildman–Crippen MR) is 74.4 cm³/mol. The van der Waals surface area contributed by atoms with Gasteiger partial charge in [0.15, 0.2) is 11.5 Å². The van der Waals surface area contributed by atoms with E-state index < -0.39 is 0 Å². The summed E-state index contributed by atoms with van der Waals surface area (Å²) in [6.07, 6.45) is 2.85. The second-order valence-corrected chi connectivity index (χ2v) is 4.95. The zero-order chi connectivity index (χ0) is 13.9. The van der Waals surface area contributed by atoms with E-state index in [0.29, 0.717) is 13.1 Å². The van der Waals surface area contributed by atoms with Crippen LogP contribution in [0, 0.1) is 5.92 Å². The van der Waals surface area contributed by atoms with Crippen LogP contribution in [0.15, 0.2) is 12.1 Å². The van der Waals surface area contributed by atoms with E-state index in [-0.39, 0.29) is 11.8 Å². The largest absolute Gasteiger partial charge is 0.367 e. The van der Waals surface area contributed by atoms with Crippen molar-refractivity contribution in [1.29, 1.82) is 0 Å². The van der Waals surface area contributed by atoms with Crippen molar-refractivity contribution in [2.45, 2.75) is 26.2 Å². The van der Waals surface area contributed by atoms with E-state index >= 15 is 0 Å². The summed E-state index contributed by atoms with van der Waals surface area (Å²) in [4.78, 5) is 11.5. The Labute approximate surface area is 116 Å². The molecule has 1 aliphatic rings. The zero-order valence-corrected chi connectivity index (χ0v) is 11.5. The van der Waals surface area contributed by atoms with Gasteiger partial charge in [-0.3, -0.25) is 4.79 Å². The zero-order valence-electron chi connectivity index (χ0n) is 11.5. The monoisotopic (exact) mass is 274 g/mol. The number of anilines is 1. The van der Waals surface area contributed by atoms with Gasteiger partial charge in [0, 0.05) is 25.4 Å². The summed E-state index contributed by atoms with van der Waals surface area (Å²) in [5.74, 6) is 2.02. The van der Waals surface area contributed by atoms with Crippen molar-refractivity contribution in [2.75, 3.05) is 18.4 Å². The van der Waals surface area contributed by atoms with Crippen molar-refractivity contribution in [3.63, 3.8) is 0 Å². The Hall–Kier alpha value is -2.18. The van der Waals surface area contributed by atoms with E-state index in [4.69, 9.17) is 0 Å². The van der Waals surface area contributed by atoms with Crippen LogP contribution in [-0.2, 0) is 11.2 Å². The van der Waals surface area contributed by atoms with Crippen molar-refractivity contribution in [2.24, 2.45) is 5.92 Å². The minimum absolute atomic E-state index is 0.169. The number of carbonyl (C=O) groups excluding carboxylic acids is 1. The number of amides is 1. The van der Waals surface area contributed by atoms with Crippen molar-refractivity contribution in [3.05, 3.63) is 18.0 Å². The Balaban J connectivity index is 1.55. The number of aromatic nitrogens is 4. The standard InChI is InChI=1S/C13H18N6O/c1-2-11-16-17-12-6-5-10(18-19(11)12)14-7-8-15-13(20)9-3-4-9/h5-6,9H,2-4,7-8H2,1H3,(H,14,18)(H,15,20). The maximum atomic E-state index is 11.5. The number of aryl methyl sites for hydroxylation is 1. The van der Waals surface area contributed by atoms with Gasteiger partial charge in [0.2, 0.25) is 5.91 Å². The van der Waals surface area contributed by atoms with E-state index in [1.165, 1.54) is 0 Å². The van der Waals surface area contributed by atoms with Crippen molar-refractivity contribution < 1.29 is 4.79 Å². The summed E-state index contributed by atoms with van der Waals surface area (Å²) in [6, 6.07) is 3.75. The summed E-state index contributed by atoms with van der Waals surface area (Å²) < 4.78 is 1.74. The third-order valence-corrected chi connectivity index (χ3v) is 3.32. The molecule has 0 spiro atoms. The first kappa shape index (κ1) is 12.8. The molecule has 106 valence electrons. The molecule has 1 aliphatic carbocycles. The molecule has 7 heteroatoms. The number of nitrogens with one attached hydrogen (secondary N) is 2. The highest BCUT2D eigenvalue weighted by molar-refractivity contribution is 5.80. The lowest BCUT2D eigenvalue weighted by atomic mass is 10.4. The van der Waals surface area contributed by atoms with Crippen LogP contribution < -0.4 is 10.6 Å². The first-order valence-corrected chi connectivity index (χ1v) is 7.01. The molecule has 0 saturated heterocycles. The van der Waals surface area contributed by atoms with Crippen LogP contribution in [0.5, 0.6) is 0 Å². The molecular weight excluding hydrogens is 256 g/mol. The van der Waals surface area contributed by atoms with Gasteiger partial charge < -0.3 is 10.6 Å². The van der Waals surface area contributed by atoms with Gasteiger partial charge >= 0.3 is 0 Å². The third-order valence-electron chi connectivity index (χ3n) is 3.32. The molecule has 0 bridgehead atoms. The Kier molecular flexibility index (Phi) is 3.49. The van der Waals surface area contributed by atoms with Crippen LogP contribution >= 0.6 is 0 Å². The highest BCUT2D eigenvalue weighted by Crippen LogP contribution is 2.28. The summed E-state index contributed by atoms with van der Waals surface area (Å²) in [5, 5.41) is 18.6. The summed E-state index contributed by atoms with van der Waals surface area (Å²) in [5.41, 5.74) is 0.745. The Morgan fingerprint density at radius 3 is 2.95 bits per heavy atom. The average molecular weight is 274 g/mol. The van der Waals surface area contributed by atoms with Crippen LogP contribution in [0.2, 0.25) is 0 Å². The topological polar surface area (TPSA) is 84.2 Å². The van der Waals surface area contributed by atoms with E-state index in [1.807, 2.05) is 19.1 Å². The first-order valence-electron chi connectivity index (χ1n) is 7.01. The summed E-state index contributed by atoms with van der Waals surface area (Å²) in [7, 11) is 0.